The monoisotopic (exact) mass is 244 g/mol. The second-order valence-corrected chi connectivity index (χ2v) is 4.15. The second-order valence-electron chi connectivity index (χ2n) is 2.83. The Hall–Kier alpha value is -0.990. The van der Waals surface area contributed by atoms with Crippen molar-refractivity contribution < 1.29 is 9.53 Å². The first-order valence-electron chi connectivity index (χ1n) is 4.30. The van der Waals surface area contributed by atoms with Crippen LogP contribution in [-0.2, 0) is 13.9 Å². The largest absolute Gasteiger partial charge is 0.459 e. The topological polar surface area (TPSA) is 26.3 Å². The molecular formula is C11H10Cl2O2. The summed E-state index contributed by atoms with van der Waals surface area (Å²) in [6.07, 6.45) is 1.45. The molecule has 0 fully saturated rings. The van der Waals surface area contributed by atoms with Crippen LogP contribution < -0.4 is 0 Å². The van der Waals surface area contributed by atoms with Crippen LogP contribution >= 0.6 is 23.2 Å². The van der Waals surface area contributed by atoms with E-state index < -0.39 is 10.3 Å². The van der Waals surface area contributed by atoms with Gasteiger partial charge in [0.2, 0.25) is 4.33 Å². The predicted molar refractivity (Wildman–Crippen MR) is 61.0 cm³/mol. The molecule has 1 rings (SSSR count). The first-order valence-corrected chi connectivity index (χ1v) is 5.06. The van der Waals surface area contributed by atoms with Crippen LogP contribution in [0.2, 0.25) is 0 Å². The zero-order chi connectivity index (χ0) is 11.3. The highest BCUT2D eigenvalue weighted by Gasteiger charge is 2.37. The van der Waals surface area contributed by atoms with Crippen molar-refractivity contribution in [2.75, 3.05) is 6.61 Å². The number of carbonyl (C=O) groups excluding carboxylic acids is 1. The molecule has 0 N–H and O–H groups in total. The summed E-state index contributed by atoms with van der Waals surface area (Å²) in [6, 6.07) is 8.62. The molecule has 0 heterocycles. The van der Waals surface area contributed by atoms with Crippen LogP contribution in [0.5, 0.6) is 0 Å². The lowest BCUT2D eigenvalue weighted by Gasteiger charge is -2.17. The van der Waals surface area contributed by atoms with Gasteiger partial charge in [0.05, 0.1) is 0 Å². The smallest absolute Gasteiger partial charge is 0.347 e. The number of alkyl halides is 2. The number of halogens is 2. The van der Waals surface area contributed by atoms with Gasteiger partial charge in [-0.15, -0.1) is 0 Å². The number of rotatable bonds is 4. The van der Waals surface area contributed by atoms with Gasteiger partial charge in [-0.1, -0.05) is 66.2 Å². The SMILES string of the molecule is C=CCOC(=O)C(Cl)(Cl)c1ccccc1. The highest BCUT2D eigenvalue weighted by molar-refractivity contribution is 6.56. The molecule has 0 spiro atoms. The summed E-state index contributed by atoms with van der Waals surface area (Å²) in [5.74, 6) is -0.697. The van der Waals surface area contributed by atoms with Crippen LogP contribution in [0.1, 0.15) is 5.56 Å². The van der Waals surface area contributed by atoms with Crippen molar-refractivity contribution in [2.45, 2.75) is 4.33 Å². The van der Waals surface area contributed by atoms with Crippen molar-refractivity contribution in [1.82, 2.24) is 0 Å². The van der Waals surface area contributed by atoms with Gasteiger partial charge in [-0.05, 0) is 5.56 Å². The van der Waals surface area contributed by atoms with Gasteiger partial charge in [0.15, 0.2) is 0 Å². The Morgan fingerprint density at radius 2 is 2.00 bits per heavy atom. The van der Waals surface area contributed by atoms with Gasteiger partial charge in [-0.3, -0.25) is 0 Å². The Morgan fingerprint density at radius 1 is 1.40 bits per heavy atom. The number of hydrogen-bond acceptors (Lipinski definition) is 2. The molecule has 0 unspecified atom stereocenters. The third kappa shape index (κ3) is 2.98. The maximum absolute atomic E-state index is 11.5. The molecule has 0 bridgehead atoms. The molecule has 1 aromatic rings. The van der Waals surface area contributed by atoms with Crippen molar-refractivity contribution in [1.29, 1.82) is 0 Å². The quantitative estimate of drug-likeness (QED) is 0.463. The molecule has 0 aliphatic rings. The molecule has 0 saturated heterocycles. The van der Waals surface area contributed by atoms with Crippen LogP contribution in [-0.4, -0.2) is 12.6 Å². The minimum atomic E-state index is -1.66. The molecule has 80 valence electrons. The third-order valence-electron chi connectivity index (χ3n) is 1.72. The minimum Gasteiger partial charge on any atom is -0.459 e. The normalized spacial score (nSPS) is 10.8. The van der Waals surface area contributed by atoms with E-state index in [4.69, 9.17) is 27.9 Å². The van der Waals surface area contributed by atoms with E-state index >= 15 is 0 Å². The summed E-state index contributed by atoms with van der Waals surface area (Å²) >= 11 is 11.8. The number of ether oxygens (including phenoxy) is 1. The van der Waals surface area contributed by atoms with Gasteiger partial charge in [0, 0.05) is 0 Å². The van der Waals surface area contributed by atoms with Gasteiger partial charge >= 0.3 is 5.97 Å². The van der Waals surface area contributed by atoms with Crippen molar-refractivity contribution in [3.63, 3.8) is 0 Å². The number of hydrogen-bond donors (Lipinski definition) is 0. The predicted octanol–water partition coefficient (Wildman–Crippen LogP) is 3.05. The number of benzene rings is 1. The first kappa shape index (κ1) is 12.1. The zero-order valence-corrected chi connectivity index (χ0v) is 9.46. The Labute approximate surface area is 98.4 Å². The number of carbonyl (C=O) groups is 1. The molecule has 0 aliphatic carbocycles. The van der Waals surface area contributed by atoms with E-state index in [9.17, 15) is 4.79 Å². The third-order valence-corrected chi connectivity index (χ3v) is 2.47. The minimum absolute atomic E-state index is 0.0901. The summed E-state index contributed by atoms with van der Waals surface area (Å²) in [6.45, 7) is 3.51. The fourth-order valence-corrected chi connectivity index (χ4v) is 1.35. The fraction of sp³-hybridized carbons (Fsp3) is 0.182. The number of esters is 1. The molecule has 0 saturated carbocycles. The molecule has 15 heavy (non-hydrogen) atoms. The van der Waals surface area contributed by atoms with Crippen molar-refractivity contribution >= 4 is 29.2 Å². The average Bonchev–Trinajstić information content (AvgIpc) is 2.27. The van der Waals surface area contributed by atoms with Gasteiger partial charge < -0.3 is 4.74 Å². The molecule has 0 amide bonds. The van der Waals surface area contributed by atoms with Crippen LogP contribution in [0.3, 0.4) is 0 Å². The van der Waals surface area contributed by atoms with Crippen molar-refractivity contribution in [3.8, 4) is 0 Å². The van der Waals surface area contributed by atoms with E-state index in [1.165, 1.54) is 6.08 Å². The van der Waals surface area contributed by atoms with Gasteiger partial charge in [-0.25, -0.2) is 4.79 Å². The molecule has 0 aromatic heterocycles. The van der Waals surface area contributed by atoms with Crippen molar-refractivity contribution in [3.05, 3.63) is 48.6 Å². The van der Waals surface area contributed by atoms with E-state index in [1.807, 2.05) is 6.07 Å². The maximum atomic E-state index is 11.5. The van der Waals surface area contributed by atoms with Crippen LogP contribution in [0, 0.1) is 0 Å². The van der Waals surface area contributed by atoms with Gasteiger partial charge in [0.1, 0.15) is 6.61 Å². The van der Waals surface area contributed by atoms with E-state index in [2.05, 4.69) is 6.58 Å². The first-order chi connectivity index (χ1) is 7.09. The summed E-state index contributed by atoms with van der Waals surface area (Å²) in [5, 5.41) is 0. The van der Waals surface area contributed by atoms with E-state index in [1.54, 1.807) is 24.3 Å². The fourth-order valence-electron chi connectivity index (χ4n) is 0.991. The molecule has 0 atom stereocenters. The Morgan fingerprint density at radius 3 is 2.53 bits per heavy atom. The maximum Gasteiger partial charge on any atom is 0.347 e. The summed E-state index contributed by atoms with van der Waals surface area (Å²) in [4.78, 5) is 11.5. The highest BCUT2D eigenvalue weighted by atomic mass is 35.5. The van der Waals surface area contributed by atoms with Crippen LogP contribution in [0.4, 0.5) is 0 Å². The summed E-state index contributed by atoms with van der Waals surface area (Å²) < 4.78 is 3.13. The second kappa shape index (κ2) is 5.19. The lowest BCUT2D eigenvalue weighted by molar-refractivity contribution is -0.143. The lowest BCUT2D eigenvalue weighted by atomic mass is 10.1. The van der Waals surface area contributed by atoms with E-state index in [0.29, 0.717) is 5.56 Å². The highest BCUT2D eigenvalue weighted by Crippen LogP contribution is 2.34. The average molecular weight is 245 g/mol. The van der Waals surface area contributed by atoms with Gasteiger partial charge in [0.25, 0.3) is 0 Å². The standard InChI is InChI=1S/C11H10Cl2O2/c1-2-8-15-10(14)11(12,13)9-6-4-3-5-7-9/h2-7H,1,8H2. The summed E-state index contributed by atoms with van der Waals surface area (Å²) in [5.41, 5.74) is 0.488. The Bertz CT molecular complexity index is 347. The molecule has 2 nitrogen and oxygen atoms in total. The van der Waals surface area contributed by atoms with Crippen molar-refractivity contribution in [2.24, 2.45) is 0 Å². The van der Waals surface area contributed by atoms with E-state index in [0.717, 1.165) is 0 Å². The molecule has 0 radical (unpaired) electrons. The zero-order valence-electron chi connectivity index (χ0n) is 7.95. The lowest BCUT2D eigenvalue weighted by Crippen LogP contribution is -2.26. The summed E-state index contributed by atoms with van der Waals surface area (Å²) in [7, 11) is 0. The molecule has 1 aromatic carbocycles. The van der Waals surface area contributed by atoms with Crippen LogP contribution in [0.15, 0.2) is 43.0 Å². The van der Waals surface area contributed by atoms with Gasteiger partial charge in [-0.2, -0.15) is 0 Å². The molecule has 4 heteroatoms. The Balaban J connectivity index is 2.82. The van der Waals surface area contributed by atoms with E-state index in [-0.39, 0.29) is 6.61 Å². The Kier molecular flexibility index (Phi) is 4.18. The molecular weight excluding hydrogens is 235 g/mol. The van der Waals surface area contributed by atoms with Crippen LogP contribution in [0.25, 0.3) is 0 Å². The molecule has 0 aliphatic heterocycles.